The third kappa shape index (κ3) is 4.67. The van der Waals surface area contributed by atoms with Crippen LogP contribution in [-0.2, 0) is 16.6 Å². The Morgan fingerprint density at radius 2 is 1.90 bits per heavy atom. The van der Waals surface area contributed by atoms with Crippen molar-refractivity contribution in [1.29, 1.82) is 0 Å². The fourth-order valence-electron chi connectivity index (χ4n) is 4.21. The Morgan fingerprint density at radius 1 is 1.17 bits per heavy atom. The number of hydrogen-bond donors (Lipinski definition) is 0. The molecule has 1 atom stereocenters. The smallest absolute Gasteiger partial charge is 0.227 e. The highest BCUT2D eigenvalue weighted by molar-refractivity contribution is 7.10. The van der Waals surface area contributed by atoms with Crippen LogP contribution in [-0.4, -0.2) is 41.9 Å². The van der Waals surface area contributed by atoms with Gasteiger partial charge in [0.25, 0.3) is 0 Å². The molecule has 3 heterocycles. The van der Waals surface area contributed by atoms with E-state index in [0.29, 0.717) is 16.5 Å². The van der Waals surface area contributed by atoms with E-state index in [0.717, 1.165) is 31.7 Å². The molecule has 0 saturated heterocycles. The van der Waals surface area contributed by atoms with Gasteiger partial charge >= 0.3 is 0 Å². The molecule has 2 aliphatic heterocycles. The summed E-state index contributed by atoms with van der Waals surface area (Å²) in [5.74, 6) is 0.139. The van der Waals surface area contributed by atoms with E-state index in [2.05, 4.69) is 47.2 Å². The highest BCUT2D eigenvalue weighted by Crippen LogP contribution is 2.43. The quantitative estimate of drug-likeness (QED) is 0.530. The normalized spacial score (nSPS) is 20.4. The van der Waals surface area contributed by atoms with Gasteiger partial charge in [-0.3, -0.25) is 9.69 Å². The first kappa shape index (κ1) is 22.6. The number of benzene rings is 1. The predicted molar refractivity (Wildman–Crippen MR) is 125 cm³/mol. The van der Waals surface area contributed by atoms with Crippen molar-refractivity contribution in [2.45, 2.75) is 31.7 Å². The Balaban J connectivity index is 0.00000240. The Hall–Kier alpha value is -1.04. The minimum absolute atomic E-state index is 0. The van der Waals surface area contributed by atoms with Gasteiger partial charge in [-0.2, -0.15) is 0 Å². The van der Waals surface area contributed by atoms with E-state index in [1.807, 2.05) is 17.4 Å². The number of amides is 1. The lowest BCUT2D eigenvalue weighted by Crippen LogP contribution is -2.50. The zero-order valence-electron chi connectivity index (χ0n) is 16.5. The molecule has 2 aromatic rings. The summed E-state index contributed by atoms with van der Waals surface area (Å²) in [6, 6.07) is 7.73. The van der Waals surface area contributed by atoms with Crippen LogP contribution in [0.2, 0.25) is 10.0 Å². The Morgan fingerprint density at radius 3 is 2.59 bits per heavy atom. The van der Waals surface area contributed by atoms with Gasteiger partial charge in [0.1, 0.15) is 0 Å². The average Bonchev–Trinajstić information content (AvgIpc) is 3.32. The molecule has 0 saturated carbocycles. The molecule has 0 fully saturated rings. The van der Waals surface area contributed by atoms with Crippen LogP contribution in [0.4, 0.5) is 0 Å². The lowest BCUT2D eigenvalue weighted by Gasteiger charge is -2.45. The fourth-order valence-corrected chi connectivity index (χ4v) is 5.60. The van der Waals surface area contributed by atoms with E-state index in [9.17, 15) is 4.79 Å². The molecule has 1 aromatic carbocycles. The summed E-state index contributed by atoms with van der Waals surface area (Å²) >= 11 is 14.0. The van der Waals surface area contributed by atoms with E-state index in [4.69, 9.17) is 23.2 Å². The van der Waals surface area contributed by atoms with Crippen LogP contribution < -0.4 is 0 Å². The molecule has 0 N–H and O–H groups in total. The van der Waals surface area contributed by atoms with Gasteiger partial charge in [-0.05, 0) is 34.7 Å². The van der Waals surface area contributed by atoms with Crippen LogP contribution in [0.5, 0.6) is 0 Å². The molecule has 0 bridgehead atoms. The third-order valence-electron chi connectivity index (χ3n) is 5.60. The molecular weight excluding hydrogens is 447 g/mol. The predicted octanol–water partition coefficient (Wildman–Crippen LogP) is 5.75. The molecular formula is C22H25Cl3N2OS. The van der Waals surface area contributed by atoms with Crippen molar-refractivity contribution in [3.05, 3.63) is 67.8 Å². The van der Waals surface area contributed by atoms with Crippen molar-refractivity contribution in [3.63, 3.8) is 0 Å². The van der Waals surface area contributed by atoms with Crippen LogP contribution in [0, 0.1) is 0 Å². The monoisotopic (exact) mass is 470 g/mol. The topological polar surface area (TPSA) is 23.6 Å². The lowest BCUT2D eigenvalue weighted by atomic mass is 9.81. The van der Waals surface area contributed by atoms with E-state index in [1.54, 1.807) is 12.1 Å². The number of fused-ring (bicyclic) bond motifs is 1. The maximum Gasteiger partial charge on any atom is 0.227 e. The van der Waals surface area contributed by atoms with E-state index >= 15 is 0 Å². The number of hydrogen-bond acceptors (Lipinski definition) is 3. The number of halogens is 3. The molecule has 1 aromatic heterocycles. The molecule has 0 radical (unpaired) electrons. The molecule has 4 rings (SSSR count). The zero-order valence-corrected chi connectivity index (χ0v) is 19.7. The molecule has 7 heteroatoms. The average molecular weight is 472 g/mol. The summed E-state index contributed by atoms with van der Waals surface area (Å²) in [6.45, 7) is 7.96. The van der Waals surface area contributed by atoms with Crippen molar-refractivity contribution in [2.24, 2.45) is 0 Å². The van der Waals surface area contributed by atoms with Gasteiger partial charge < -0.3 is 4.90 Å². The Bertz CT molecular complexity index is 917. The van der Waals surface area contributed by atoms with E-state index < -0.39 is 0 Å². The van der Waals surface area contributed by atoms with Crippen molar-refractivity contribution in [1.82, 2.24) is 9.80 Å². The number of carbonyl (C=O) groups excluding carboxylic acids is 1. The largest absolute Gasteiger partial charge is 0.333 e. The SMILES string of the molecule is CC1(C)CN(C(=O)Cc2ccc(Cl)c(Cl)c2)C(CN2CC=CC2)c2ccsc21.Cl. The molecule has 0 aliphatic carbocycles. The first-order chi connectivity index (χ1) is 13.3. The second-order valence-corrected chi connectivity index (χ2v) is 9.97. The van der Waals surface area contributed by atoms with Crippen molar-refractivity contribution >= 4 is 52.9 Å². The number of thiophene rings is 1. The van der Waals surface area contributed by atoms with Gasteiger partial charge in [0.15, 0.2) is 0 Å². The van der Waals surface area contributed by atoms with Crippen LogP contribution in [0.3, 0.4) is 0 Å². The number of nitrogens with zero attached hydrogens (tertiary/aromatic N) is 2. The van der Waals surface area contributed by atoms with Gasteiger partial charge in [-0.15, -0.1) is 23.7 Å². The third-order valence-corrected chi connectivity index (χ3v) is 7.63. The Kier molecular flexibility index (Phi) is 7.02. The summed E-state index contributed by atoms with van der Waals surface area (Å²) in [4.78, 5) is 19.3. The lowest BCUT2D eigenvalue weighted by molar-refractivity contribution is -0.135. The second kappa shape index (κ2) is 8.99. The van der Waals surface area contributed by atoms with Gasteiger partial charge in [0.2, 0.25) is 5.91 Å². The van der Waals surface area contributed by atoms with Crippen molar-refractivity contribution in [2.75, 3.05) is 26.2 Å². The molecule has 0 spiro atoms. The molecule has 3 nitrogen and oxygen atoms in total. The second-order valence-electron chi connectivity index (χ2n) is 8.24. The summed E-state index contributed by atoms with van der Waals surface area (Å²) in [5, 5.41) is 3.17. The standard InChI is InChI=1S/C22H24Cl2N2OS.ClH/c1-22(2)14-26(20(27)12-15-5-6-17(23)18(24)11-15)19(13-25-8-3-4-9-25)16-7-10-28-21(16)22;/h3-7,10-11,19H,8-9,12-14H2,1-2H3;1H. The molecule has 1 amide bonds. The van der Waals surface area contributed by atoms with Crippen LogP contribution in [0.1, 0.15) is 35.9 Å². The highest BCUT2D eigenvalue weighted by atomic mass is 35.5. The summed E-state index contributed by atoms with van der Waals surface area (Å²) in [7, 11) is 0. The Labute approximate surface area is 192 Å². The highest BCUT2D eigenvalue weighted by Gasteiger charge is 2.41. The first-order valence-corrected chi connectivity index (χ1v) is 11.2. The van der Waals surface area contributed by atoms with Gasteiger partial charge in [-0.1, -0.05) is 55.3 Å². The van der Waals surface area contributed by atoms with Gasteiger partial charge in [0.05, 0.1) is 22.5 Å². The van der Waals surface area contributed by atoms with E-state index in [1.165, 1.54) is 10.4 Å². The summed E-state index contributed by atoms with van der Waals surface area (Å²) in [5.41, 5.74) is 2.15. The fraction of sp³-hybridized carbons (Fsp3) is 0.409. The van der Waals surface area contributed by atoms with E-state index in [-0.39, 0.29) is 29.8 Å². The number of carbonyl (C=O) groups is 1. The molecule has 29 heavy (non-hydrogen) atoms. The maximum absolute atomic E-state index is 13.4. The molecule has 156 valence electrons. The van der Waals surface area contributed by atoms with Crippen LogP contribution >= 0.6 is 46.9 Å². The summed E-state index contributed by atoms with van der Waals surface area (Å²) < 4.78 is 0. The summed E-state index contributed by atoms with van der Waals surface area (Å²) in [6.07, 6.45) is 4.73. The molecule has 2 aliphatic rings. The van der Waals surface area contributed by atoms with Gasteiger partial charge in [-0.25, -0.2) is 0 Å². The van der Waals surface area contributed by atoms with Crippen LogP contribution in [0.15, 0.2) is 41.8 Å². The molecule has 1 unspecified atom stereocenters. The maximum atomic E-state index is 13.4. The van der Waals surface area contributed by atoms with Crippen molar-refractivity contribution in [3.8, 4) is 0 Å². The van der Waals surface area contributed by atoms with Crippen molar-refractivity contribution < 1.29 is 4.79 Å². The first-order valence-electron chi connectivity index (χ1n) is 9.54. The number of rotatable bonds is 4. The van der Waals surface area contributed by atoms with Crippen LogP contribution in [0.25, 0.3) is 0 Å². The minimum atomic E-state index is -0.0451. The zero-order chi connectivity index (χ0) is 19.9. The van der Waals surface area contributed by atoms with Gasteiger partial charge in [0, 0.05) is 36.5 Å². The minimum Gasteiger partial charge on any atom is -0.333 e.